The first kappa shape index (κ1) is 19.7. The minimum atomic E-state index is -0.517. The molecule has 142 valence electrons. The summed E-state index contributed by atoms with van der Waals surface area (Å²) in [5, 5.41) is 17.1. The maximum Gasteiger partial charge on any atom is 0.305 e. The number of nitro groups is 1. The van der Waals surface area contributed by atoms with Crippen LogP contribution in [-0.4, -0.2) is 36.0 Å². The van der Waals surface area contributed by atoms with E-state index in [9.17, 15) is 19.7 Å². The fourth-order valence-electron chi connectivity index (χ4n) is 3.01. The van der Waals surface area contributed by atoms with Crippen molar-refractivity contribution in [1.29, 1.82) is 0 Å². The highest BCUT2D eigenvalue weighted by Gasteiger charge is 2.20. The number of carbonyl (C=O) groups excluding carboxylic acids is 2. The molecular weight excluding hydrogens is 338 g/mol. The van der Waals surface area contributed by atoms with E-state index in [-0.39, 0.29) is 29.7 Å². The molecule has 1 aromatic carbocycles. The molecule has 0 bridgehead atoms. The Morgan fingerprint density at radius 2 is 2.04 bits per heavy atom. The molecule has 0 aromatic heterocycles. The quantitative estimate of drug-likeness (QED) is 0.302. The van der Waals surface area contributed by atoms with Crippen LogP contribution in [0.15, 0.2) is 18.2 Å². The molecule has 2 rings (SSSR count). The molecule has 0 heterocycles. The summed E-state index contributed by atoms with van der Waals surface area (Å²) in [6.07, 6.45) is 5.00. The normalized spacial score (nSPS) is 14.0. The molecule has 1 saturated carbocycles. The first-order valence-corrected chi connectivity index (χ1v) is 9.00. The maximum atomic E-state index is 12.5. The highest BCUT2D eigenvalue weighted by molar-refractivity contribution is 6.00. The lowest BCUT2D eigenvalue weighted by molar-refractivity contribution is -0.384. The largest absolute Gasteiger partial charge is 0.466 e. The van der Waals surface area contributed by atoms with Gasteiger partial charge in [-0.05, 0) is 32.3 Å². The Kier molecular flexibility index (Phi) is 7.37. The third-order valence-corrected chi connectivity index (χ3v) is 4.32. The third-order valence-electron chi connectivity index (χ3n) is 4.32. The molecule has 8 heteroatoms. The topological polar surface area (TPSA) is 111 Å². The van der Waals surface area contributed by atoms with E-state index in [1.807, 2.05) is 0 Å². The molecule has 1 aromatic rings. The predicted octanol–water partition coefficient (Wildman–Crippen LogP) is 3.02. The average molecular weight is 363 g/mol. The molecule has 26 heavy (non-hydrogen) atoms. The number of ether oxygens (including phenoxy) is 1. The standard InChI is InChI=1S/C18H25N3O5/c1-2-26-17(22)8-5-11-19-18(23)15-12-14(21(24)25)9-10-16(15)20-13-6-3-4-7-13/h9-10,12-13,20H,2-8,11H2,1H3,(H,19,23). The zero-order chi connectivity index (χ0) is 18.9. The van der Waals surface area contributed by atoms with Gasteiger partial charge in [-0.2, -0.15) is 0 Å². The van der Waals surface area contributed by atoms with Crippen LogP contribution in [0, 0.1) is 10.1 Å². The molecule has 0 atom stereocenters. The van der Waals surface area contributed by atoms with E-state index in [2.05, 4.69) is 10.6 Å². The SMILES string of the molecule is CCOC(=O)CCCNC(=O)c1cc([N+](=O)[O-])ccc1NC1CCCC1. The average Bonchev–Trinajstić information content (AvgIpc) is 3.12. The number of non-ortho nitro benzene ring substituents is 1. The van der Waals surface area contributed by atoms with Crippen LogP contribution in [0.4, 0.5) is 11.4 Å². The molecule has 0 unspecified atom stereocenters. The predicted molar refractivity (Wildman–Crippen MR) is 97.2 cm³/mol. The molecule has 2 N–H and O–H groups in total. The number of hydrogen-bond donors (Lipinski definition) is 2. The van der Waals surface area contributed by atoms with E-state index in [0.717, 1.165) is 25.7 Å². The number of carbonyl (C=O) groups is 2. The zero-order valence-corrected chi connectivity index (χ0v) is 15.0. The highest BCUT2D eigenvalue weighted by Crippen LogP contribution is 2.27. The van der Waals surface area contributed by atoms with Gasteiger partial charge in [-0.3, -0.25) is 19.7 Å². The number of esters is 1. The van der Waals surface area contributed by atoms with Crippen molar-refractivity contribution >= 4 is 23.3 Å². The third kappa shape index (κ3) is 5.72. The Hall–Kier alpha value is -2.64. The smallest absolute Gasteiger partial charge is 0.305 e. The summed E-state index contributed by atoms with van der Waals surface area (Å²) >= 11 is 0. The van der Waals surface area contributed by atoms with Crippen molar-refractivity contribution < 1.29 is 19.2 Å². The van der Waals surface area contributed by atoms with Crippen molar-refractivity contribution in [2.24, 2.45) is 0 Å². The summed E-state index contributed by atoms with van der Waals surface area (Å²) in [6.45, 7) is 2.36. The van der Waals surface area contributed by atoms with Gasteiger partial charge in [0, 0.05) is 36.8 Å². The molecular formula is C18H25N3O5. The van der Waals surface area contributed by atoms with E-state index in [1.54, 1.807) is 13.0 Å². The van der Waals surface area contributed by atoms with Gasteiger partial charge in [-0.15, -0.1) is 0 Å². The van der Waals surface area contributed by atoms with E-state index in [1.165, 1.54) is 12.1 Å². The van der Waals surface area contributed by atoms with Gasteiger partial charge in [0.15, 0.2) is 0 Å². The van der Waals surface area contributed by atoms with Crippen LogP contribution in [0.1, 0.15) is 55.8 Å². The molecule has 8 nitrogen and oxygen atoms in total. The maximum absolute atomic E-state index is 12.5. The molecule has 0 spiro atoms. The number of benzene rings is 1. The summed E-state index contributed by atoms with van der Waals surface area (Å²) < 4.78 is 4.83. The van der Waals surface area contributed by atoms with Crippen molar-refractivity contribution in [2.45, 2.75) is 51.5 Å². The fraction of sp³-hybridized carbons (Fsp3) is 0.556. The molecule has 1 aliphatic carbocycles. The van der Waals surface area contributed by atoms with Gasteiger partial charge in [0.2, 0.25) is 0 Å². The number of amides is 1. The Balaban J connectivity index is 2.01. The van der Waals surface area contributed by atoms with Crippen LogP contribution >= 0.6 is 0 Å². The molecule has 1 amide bonds. The summed E-state index contributed by atoms with van der Waals surface area (Å²) in [5.41, 5.74) is 0.728. The van der Waals surface area contributed by atoms with Gasteiger partial charge in [0.1, 0.15) is 0 Å². The number of rotatable bonds is 9. The second-order valence-electron chi connectivity index (χ2n) is 6.28. The van der Waals surface area contributed by atoms with Crippen LogP contribution < -0.4 is 10.6 Å². The van der Waals surface area contributed by atoms with Crippen molar-refractivity contribution in [3.8, 4) is 0 Å². The number of nitrogens with one attached hydrogen (secondary N) is 2. The van der Waals surface area contributed by atoms with Crippen LogP contribution in [0.25, 0.3) is 0 Å². The van der Waals surface area contributed by atoms with Crippen molar-refractivity contribution in [2.75, 3.05) is 18.5 Å². The van der Waals surface area contributed by atoms with Gasteiger partial charge >= 0.3 is 5.97 Å². The molecule has 1 fully saturated rings. The Bertz CT molecular complexity index is 656. The van der Waals surface area contributed by atoms with Crippen LogP contribution in [0.3, 0.4) is 0 Å². The molecule has 0 aliphatic heterocycles. The number of anilines is 1. The number of hydrogen-bond acceptors (Lipinski definition) is 6. The Morgan fingerprint density at radius 3 is 2.69 bits per heavy atom. The van der Waals surface area contributed by atoms with E-state index in [4.69, 9.17) is 4.74 Å². The lowest BCUT2D eigenvalue weighted by Crippen LogP contribution is -2.27. The van der Waals surface area contributed by atoms with Gasteiger partial charge in [0.05, 0.1) is 17.1 Å². The second-order valence-corrected chi connectivity index (χ2v) is 6.28. The van der Waals surface area contributed by atoms with Gasteiger partial charge < -0.3 is 15.4 Å². The summed E-state index contributed by atoms with van der Waals surface area (Å²) in [4.78, 5) is 34.3. The van der Waals surface area contributed by atoms with Gasteiger partial charge in [-0.25, -0.2) is 0 Å². The summed E-state index contributed by atoms with van der Waals surface area (Å²) in [7, 11) is 0. The van der Waals surface area contributed by atoms with Crippen LogP contribution in [0.2, 0.25) is 0 Å². The minimum absolute atomic E-state index is 0.126. The van der Waals surface area contributed by atoms with E-state index in [0.29, 0.717) is 25.3 Å². The number of nitrogens with zero attached hydrogens (tertiary/aromatic N) is 1. The summed E-state index contributed by atoms with van der Waals surface area (Å²) in [5.74, 6) is -0.696. The van der Waals surface area contributed by atoms with Crippen molar-refractivity contribution in [3.05, 3.63) is 33.9 Å². The van der Waals surface area contributed by atoms with Gasteiger partial charge in [-0.1, -0.05) is 12.8 Å². The van der Waals surface area contributed by atoms with Crippen LogP contribution in [0.5, 0.6) is 0 Å². The van der Waals surface area contributed by atoms with E-state index >= 15 is 0 Å². The van der Waals surface area contributed by atoms with Gasteiger partial charge in [0.25, 0.3) is 11.6 Å². The lowest BCUT2D eigenvalue weighted by Gasteiger charge is -2.17. The monoisotopic (exact) mass is 363 g/mol. The van der Waals surface area contributed by atoms with Crippen LogP contribution in [-0.2, 0) is 9.53 Å². The highest BCUT2D eigenvalue weighted by atomic mass is 16.6. The second kappa shape index (κ2) is 9.74. The van der Waals surface area contributed by atoms with Crippen molar-refractivity contribution in [3.63, 3.8) is 0 Å². The van der Waals surface area contributed by atoms with E-state index < -0.39 is 10.8 Å². The molecule has 0 radical (unpaired) electrons. The van der Waals surface area contributed by atoms with Crippen molar-refractivity contribution in [1.82, 2.24) is 5.32 Å². The Labute approximate surface area is 152 Å². The Morgan fingerprint density at radius 1 is 1.31 bits per heavy atom. The minimum Gasteiger partial charge on any atom is -0.466 e. The number of nitro benzene ring substituents is 1. The molecule has 0 saturated heterocycles. The molecule has 1 aliphatic rings. The first-order valence-electron chi connectivity index (χ1n) is 9.00. The fourth-order valence-corrected chi connectivity index (χ4v) is 3.01. The lowest BCUT2D eigenvalue weighted by atomic mass is 10.1. The first-order chi connectivity index (χ1) is 12.5. The summed E-state index contributed by atoms with van der Waals surface area (Å²) in [6, 6.07) is 4.56. The zero-order valence-electron chi connectivity index (χ0n) is 15.0.